The molecular formula is C21H25BrN2O2. The Hall–Kier alpha value is -1.85. The summed E-state index contributed by atoms with van der Waals surface area (Å²) in [5, 5.41) is 2.97. The van der Waals surface area contributed by atoms with Crippen LogP contribution in [0.4, 0.5) is 0 Å². The van der Waals surface area contributed by atoms with E-state index in [-0.39, 0.29) is 12.5 Å². The number of nitrogens with zero attached hydrogens (tertiary/aromatic N) is 1. The summed E-state index contributed by atoms with van der Waals surface area (Å²) in [5.41, 5.74) is 2.47. The van der Waals surface area contributed by atoms with Gasteiger partial charge in [0.25, 0.3) is 5.91 Å². The number of ether oxygens (including phenoxy) is 1. The first-order valence-corrected chi connectivity index (χ1v) is 9.94. The number of carbonyl (C=O) groups excluding carboxylic acids is 1. The summed E-state index contributed by atoms with van der Waals surface area (Å²) < 4.78 is 6.51. The Kier molecular flexibility index (Phi) is 7.09. The van der Waals surface area contributed by atoms with Gasteiger partial charge in [-0.2, -0.15) is 0 Å². The van der Waals surface area contributed by atoms with Crippen molar-refractivity contribution < 1.29 is 9.53 Å². The highest BCUT2D eigenvalue weighted by Gasteiger charge is 2.13. The molecular weight excluding hydrogens is 392 g/mol. The molecule has 0 spiro atoms. The molecule has 3 rings (SSSR count). The van der Waals surface area contributed by atoms with E-state index in [2.05, 4.69) is 44.3 Å². The van der Waals surface area contributed by atoms with Gasteiger partial charge in [-0.1, -0.05) is 46.6 Å². The van der Waals surface area contributed by atoms with Gasteiger partial charge in [0.2, 0.25) is 0 Å². The molecule has 138 valence electrons. The molecule has 1 saturated heterocycles. The molecule has 1 fully saturated rings. The first-order valence-electron chi connectivity index (χ1n) is 9.15. The second-order valence-corrected chi connectivity index (χ2v) is 7.54. The van der Waals surface area contributed by atoms with Crippen LogP contribution in [-0.2, 0) is 17.9 Å². The third-order valence-corrected chi connectivity index (χ3v) is 5.15. The molecule has 0 bridgehead atoms. The Bertz CT molecular complexity index is 712. The van der Waals surface area contributed by atoms with Crippen molar-refractivity contribution in [3.63, 3.8) is 0 Å². The van der Waals surface area contributed by atoms with E-state index in [1.807, 2.05) is 30.3 Å². The third-order valence-electron chi connectivity index (χ3n) is 4.62. The fourth-order valence-electron chi connectivity index (χ4n) is 3.17. The maximum atomic E-state index is 12.1. The number of hydrogen-bond donors (Lipinski definition) is 1. The van der Waals surface area contributed by atoms with E-state index in [0.717, 1.165) is 11.0 Å². The van der Waals surface area contributed by atoms with Crippen molar-refractivity contribution >= 4 is 21.8 Å². The summed E-state index contributed by atoms with van der Waals surface area (Å²) in [4.78, 5) is 14.6. The molecule has 0 atom stereocenters. The van der Waals surface area contributed by atoms with Crippen LogP contribution in [0.2, 0.25) is 0 Å². The van der Waals surface area contributed by atoms with E-state index >= 15 is 0 Å². The van der Waals surface area contributed by atoms with Gasteiger partial charge in [-0.3, -0.25) is 9.69 Å². The Morgan fingerprint density at radius 2 is 1.69 bits per heavy atom. The third kappa shape index (κ3) is 5.85. The lowest BCUT2D eigenvalue weighted by Crippen LogP contribution is -2.31. The van der Waals surface area contributed by atoms with E-state index in [1.54, 1.807) is 0 Å². The normalized spacial score (nSPS) is 14.8. The highest BCUT2D eigenvalue weighted by molar-refractivity contribution is 9.10. The summed E-state index contributed by atoms with van der Waals surface area (Å²) in [6.07, 6.45) is 3.91. The van der Waals surface area contributed by atoms with Gasteiger partial charge in [0.1, 0.15) is 5.75 Å². The van der Waals surface area contributed by atoms with Crippen LogP contribution in [-0.4, -0.2) is 30.5 Å². The minimum atomic E-state index is -0.110. The van der Waals surface area contributed by atoms with Crippen LogP contribution in [0.1, 0.15) is 30.4 Å². The van der Waals surface area contributed by atoms with E-state index in [0.29, 0.717) is 12.3 Å². The topological polar surface area (TPSA) is 41.6 Å². The fourth-order valence-corrected chi connectivity index (χ4v) is 3.43. The second-order valence-electron chi connectivity index (χ2n) is 6.62. The van der Waals surface area contributed by atoms with Crippen molar-refractivity contribution in [3.8, 4) is 5.75 Å². The molecule has 0 unspecified atom stereocenters. The van der Waals surface area contributed by atoms with Crippen LogP contribution in [0.3, 0.4) is 0 Å². The van der Waals surface area contributed by atoms with Crippen molar-refractivity contribution in [2.45, 2.75) is 32.4 Å². The number of benzene rings is 2. The number of carbonyl (C=O) groups is 1. The molecule has 1 aliphatic rings. The van der Waals surface area contributed by atoms with Crippen molar-refractivity contribution in [2.75, 3.05) is 19.7 Å². The monoisotopic (exact) mass is 416 g/mol. The second kappa shape index (κ2) is 9.74. The van der Waals surface area contributed by atoms with Crippen molar-refractivity contribution in [2.24, 2.45) is 0 Å². The highest BCUT2D eigenvalue weighted by atomic mass is 79.9. The summed E-state index contributed by atoms with van der Waals surface area (Å²) in [6.45, 7) is 3.85. The average molecular weight is 417 g/mol. The number of piperidine rings is 1. The van der Waals surface area contributed by atoms with Crippen molar-refractivity contribution in [3.05, 3.63) is 64.1 Å². The van der Waals surface area contributed by atoms with Gasteiger partial charge >= 0.3 is 0 Å². The van der Waals surface area contributed by atoms with E-state index in [4.69, 9.17) is 4.74 Å². The molecule has 2 aromatic carbocycles. The van der Waals surface area contributed by atoms with Crippen LogP contribution in [0.25, 0.3) is 0 Å². The molecule has 1 N–H and O–H groups in total. The van der Waals surface area contributed by atoms with Crippen molar-refractivity contribution in [1.82, 2.24) is 10.2 Å². The zero-order valence-electron chi connectivity index (χ0n) is 14.9. The quantitative estimate of drug-likeness (QED) is 0.737. The van der Waals surface area contributed by atoms with Gasteiger partial charge in [0.15, 0.2) is 6.61 Å². The van der Waals surface area contributed by atoms with Gasteiger partial charge in [-0.15, -0.1) is 0 Å². The molecule has 4 nitrogen and oxygen atoms in total. The number of likely N-dealkylation sites (tertiary alicyclic amines) is 1. The standard InChI is InChI=1S/C21H25BrN2O2/c22-19-8-10-20(11-9-19)26-16-21(25)23-14-17-6-2-3-7-18(17)15-24-12-4-1-5-13-24/h2-3,6-11H,1,4-5,12-16H2,(H,23,25). The van der Waals surface area contributed by atoms with Crippen LogP contribution in [0.5, 0.6) is 5.75 Å². The van der Waals surface area contributed by atoms with Gasteiger partial charge in [0.05, 0.1) is 0 Å². The average Bonchev–Trinajstić information content (AvgIpc) is 2.68. The van der Waals surface area contributed by atoms with Crippen molar-refractivity contribution in [1.29, 1.82) is 0 Å². The Morgan fingerprint density at radius 1 is 1.00 bits per heavy atom. The van der Waals surface area contributed by atoms with Crippen LogP contribution in [0, 0.1) is 0 Å². The van der Waals surface area contributed by atoms with Gasteiger partial charge < -0.3 is 10.1 Å². The summed E-state index contributed by atoms with van der Waals surface area (Å²) in [5.74, 6) is 0.578. The SMILES string of the molecule is O=C(COc1ccc(Br)cc1)NCc1ccccc1CN1CCCCC1. The van der Waals surface area contributed by atoms with Crippen LogP contribution >= 0.6 is 15.9 Å². The molecule has 5 heteroatoms. The largest absolute Gasteiger partial charge is 0.484 e. The minimum Gasteiger partial charge on any atom is -0.484 e. The summed E-state index contributed by atoms with van der Waals surface area (Å²) in [7, 11) is 0. The number of hydrogen-bond acceptors (Lipinski definition) is 3. The number of halogens is 1. The van der Waals surface area contributed by atoms with Gasteiger partial charge in [-0.05, 0) is 61.3 Å². The summed E-state index contributed by atoms with van der Waals surface area (Å²) >= 11 is 3.38. The zero-order chi connectivity index (χ0) is 18.2. The maximum absolute atomic E-state index is 12.1. The molecule has 0 radical (unpaired) electrons. The Labute approximate surface area is 163 Å². The predicted molar refractivity (Wildman–Crippen MR) is 107 cm³/mol. The molecule has 26 heavy (non-hydrogen) atoms. The van der Waals surface area contributed by atoms with E-state index in [1.165, 1.54) is 43.5 Å². The number of amides is 1. The van der Waals surface area contributed by atoms with Crippen LogP contribution < -0.4 is 10.1 Å². The fraction of sp³-hybridized carbons (Fsp3) is 0.381. The highest BCUT2D eigenvalue weighted by Crippen LogP contribution is 2.17. The first kappa shape index (κ1) is 18.9. The number of nitrogens with one attached hydrogen (secondary N) is 1. The first-order chi connectivity index (χ1) is 12.7. The molecule has 2 aromatic rings. The lowest BCUT2D eigenvalue weighted by Gasteiger charge is -2.27. The van der Waals surface area contributed by atoms with E-state index < -0.39 is 0 Å². The van der Waals surface area contributed by atoms with Gasteiger partial charge in [0, 0.05) is 17.6 Å². The maximum Gasteiger partial charge on any atom is 0.258 e. The lowest BCUT2D eigenvalue weighted by atomic mass is 10.0. The molecule has 1 amide bonds. The predicted octanol–water partition coefficient (Wildman–Crippen LogP) is 4.13. The Balaban J connectivity index is 1.49. The molecule has 0 aromatic heterocycles. The molecule has 0 saturated carbocycles. The van der Waals surface area contributed by atoms with Gasteiger partial charge in [-0.25, -0.2) is 0 Å². The zero-order valence-corrected chi connectivity index (χ0v) is 16.5. The lowest BCUT2D eigenvalue weighted by molar-refractivity contribution is -0.123. The summed E-state index contributed by atoms with van der Waals surface area (Å²) in [6, 6.07) is 15.8. The molecule has 1 aliphatic heterocycles. The minimum absolute atomic E-state index is 0.0237. The molecule has 1 heterocycles. The Morgan fingerprint density at radius 3 is 2.42 bits per heavy atom. The smallest absolute Gasteiger partial charge is 0.258 e. The molecule has 0 aliphatic carbocycles. The van der Waals surface area contributed by atoms with E-state index in [9.17, 15) is 4.79 Å². The number of rotatable bonds is 7. The van der Waals surface area contributed by atoms with Crippen LogP contribution in [0.15, 0.2) is 53.0 Å².